The zero-order chi connectivity index (χ0) is 11.8. The maximum atomic E-state index is 13.1. The minimum absolute atomic E-state index is 0.314. The number of alkyl halides is 3. The quantitative estimate of drug-likeness (QED) is 0.459. The zero-order valence-electron chi connectivity index (χ0n) is 7.02. The molecule has 0 aliphatic rings. The van der Waals surface area contributed by atoms with Gasteiger partial charge in [-0.1, -0.05) is 0 Å². The Bertz CT molecular complexity index is 380. The van der Waals surface area contributed by atoms with E-state index in [1.807, 2.05) is 0 Å². The van der Waals surface area contributed by atoms with E-state index in [1.165, 1.54) is 22.6 Å². The van der Waals surface area contributed by atoms with Crippen LogP contribution in [0.5, 0.6) is 0 Å². The van der Waals surface area contributed by atoms with E-state index in [-0.39, 0.29) is 3.57 Å². The third-order valence-electron chi connectivity index (χ3n) is 1.66. The van der Waals surface area contributed by atoms with E-state index < -0.39 is 30.1 Å². The van der Waals surface area contributed by atoms with E-state index in [2.05, 4.69) is 0 Å². The first-order valence-corrected chi connectivity index (χ1v) is 4.73. The molecule has 0 radical (unpaired) electrons. The van der Waals surface area contributed by atoms with Crippen LogP contribution in [0.2, 0.25) is 0 Å². The largest absolute Gasteiger partial charge is 0.491 e. The number of hydrogen-bond donors (Lipinski definition) is 2. The van der Waals surface area contributed by atoms with Crippen LogP contribution in [-0.2, 0) is 6.18 Å². The summed E-state index contributed by atoms with van der Waals surface area (Å²) in [6.07, 6.45) is -4.64. The summed E-state index contributed by atoms with van der Waals surface area (Å²) in [6, 6.07) is 0.976. The van der Waals surface area contributed by atoms with E-state index in [4.69, 9.17) is 10.0 Å². The summed E-state index contributed by atoms with van der Waals surface area (Å²) in [6.45, 7) is 0. The lowest BCUT2D eigenvalue weighted by Gasteiger charge is -2.10. The third kappa shape index (κ3) is 2.82. The maximum Gasteiger partial charge on any atom is 0.491 e. The monoisotopic (exact) mass is 334 g/mol. The molecule has 0 bridgehead atoms. The molecule has 2 N–H and O–H groups in total. The van der Waals surface area contributed by atoms with Gasteiger partial charge in [0, 0.05) is 9.03 Å². The smallest absolute Gasteiger partial charge is 0.423 e. The lowest BCUT2D eigenvalue weighted by atomic mass is 9.79. The van der Waals surface area contributed by atoms with Gasteiger partial charge in [-0.25, -0.2) is 4.39 Å². The Morgan fingerprint density at radius 2 is 1.73 bits per heavy atom. The minimum atomic E-state index is -4.64. The van der Waals surface area contributed by atoms with Crippen molar-refractivity contribution in [3.8, 4) is 0 Å². The predicted molar refractivity (Wildman–Crippen MR) is 53.9 cm³/mol. The summed E-state index contributed by atoms with van der Waals surface area (Å²) in [5, 5.41) is 17.3. The summed E-state index contributed by atoms with van der Waals surface area (Å²) in [7, 11) is -2.26. The highest BCUT2D eigenvalue weighted by Gasteiger charge is 2.33. The first-order chi connectivity index (χ1) is 6.73. The van der Waals surface area contributed by atoms with Gasteiger partial charge in [-0.05, 0) is 34.7 Å². The molecule has 82 valence electrons. The van der Waals surface area contributed by atoms with Crippen LogP contribution in [0.1, 0.15) is 5.56 Å². The zero-order valence-corrected chi connectivity index (χ0v) is 9.17. The lowest BCUT2D eigenvalue weighted by Crippen LogP contribution is -2.34. The van der Waals surface area contributed by atoms with Gasteiger partial charge in [-0.15, -0.1) is 0 Å². The van der Waals surface area contributed by atoms with E-state index >= 15 is 0 Å². The number of rotatable bonds is 1. The van der Waals surface area contributed by atoms with E-state index in [0.29, 0.717) is 12.1 Å². The summed E-state index contributed by atoms with van der Waals surface area (Å²) in [4.78, 5) is 0. The summed E-state index contributed by atoms with van der Waals surface area (Å²) in [5.41, 5.74) is -1.90. The second-order valence-corrected chi connectivity index (χ2v) is 3.89. The third-order valence-corrected chi connectivity index (χ3v) is 2.45. The molecular weight excluding hydrogens is 330 g/mol. The molecule has 1 aromatic rings. The summed E-state index contributed by atoms with van der Waals surface area (Å²) in [5.74, 6) is -1.06. The van der Waals surface area contributed by atoms with E-state index in [9.17, 15) is 17.6 Å². The Hall–Kier alpha value is -0.345. The van der Waals surface area contributed by atoms with Crippen molar-refractivity contribution in [1.82, 2.24) is 0 Å². The molecular formula is C7H4BF4IO2. The van der Waals surface area contributed by atoms with Crippen molar-refractivity contribution in [2.24, 2.45) is 0 Å². The van der Waals surface area contributed by atoms with Crippen molar-refractivity contribution in [3.05, 3.63) is 27.1 Å². The Morgan fingerprint density at radius 3 is 2.13 bits per heavy atom. The molecule has 0 aliphatic carbocycles. The fourth-order valence-electron chi connectivity index (χ4n) is 0.962. The molecule has 15 heavy (non-hydrogen) atoms. The molecule has 0 aliphatic heterocycles. The maximum absolute atomic E-state index is 13.1. The summed E-state index contributed by atoms with van der Waals surface area (Å²) < 4.78 is 49.6. The molecule has 1 aromatic carbocycles. The normalized spacial score (nSPS) is 11.7. The van der Waals surface area contributed by atoms with Gasteiger partial charge in [0.05, 0.1) is 5.56 Å². The molecule has 2 nitrogen and oxygen atoms in total. The second-order valence-electron chi connectivity index (χ2n) is 2.73. The average molecular weight is 334 g/mol. The van der Waals surface area contributed by atoms with Gasteiger partial charge in [0.1, 0.15) is 5.82 Å². The highest BCUT2D eigenvalue weighted by molar-refractivity contribution is 14.1. The molecule has 0 atom stereocenters. The Morgan fingerprint density at radius 1 is 1.20 bits per heavy atom. The molecule has 0 saturated heterocycles. The summed E-state index contributed by atoms with van der Waals surface area (Å²) >= 11 is 1.35. The van der Waals surface area contributed by atoms with Crippen molar-refractivity contribution >= 4 is 35.2 Å². The van der Waals surface area contributed by atoms with Gasteiger partial charge in [0.25, 0.3) is 0 Å². The van der Waals surface area contributed by atoms with Crippen LogP contribution in [0.25, 0.3) is 0 Å². The van der Waals surface area contributed by atoms with Crippen LogP contribution < -0.4 is 5.46 Å². The van der Waals surface area contributed by atoms with Gasteiger partial charge >= 0.3 is 13.3 Å². The van der Waals surface area contributed by atoms with Crippen LogP contribution in [0.15, 0.2) is 12.1 Å². The van der Waals surface area contributed by atoms with E-state index in [1.54, 1.807) is 0 Å². The first kappa shape index (κ1) is 12.7. The molecule has 0 spiro atoms. The standard InChI is InChI=1S/C7H4BF4IO2/c9-6-4(8(14)15)1-3(2-5(6)13)7(10,11)12/h1-2,14-15H. The minimum Gasteiger partial charge on any atom is -0.423 e. The van der Waals surface area contributed by atoms with E-state index in [0.717, 1.165) is 0 Å². The van der Waals surface area contributed by atoms with Gasteiger partial charge in [0.2, 0.25) is 0 Å². The Balaban J connectivity index is 3.36. The lowest BCUT2D eigenvalue weighted by molar-refractivity contribution is -0.137. The topological polar surface area (TPSA) is 40.5 Å². The molecule has 0 amide bonds. The number of hydrogen-bond acceptors (Lipinski definition) is 2. The van der Waals surface area contributed by atoms with Crippen molar-refractivity contribution in [2.75, 3.05) is 0 Å². The number of benzene rings is 1. The predicted octanol–water partition coefficient (Wildman–Crippen LogP) is 1.13. The molecule has 1 rings (SSSR count). The molecule has 0 fully saturated rings. The molecule has 0 heterocycles. The van der Waals surface area contributed by atoms with Crippen LogP contribution in [0, 0.1) is 9.39 Å². The van der Waals surface area contributed by atoms with Gasteiger partial charge in [-0.3, -0.25) is 0 Å². The molecule has 0 unspecified atom stereocenters. The van der Waals surface area contributed by atoms with Crippen molar-refractivity contribution in [2.45, 2.75) is 6.18 Å². The van der Waals surface area contributed by atoms with Crippen molar-refractivity contribution < 1.29 is 27.6 Å². The molecule has 0 saturated carbocycles. The SMILES string of the molecule is OB(O)c1cc(C(F)(F)F)cc(I)c1F. The average Bonchev–Trinajstić information content (AvgIpc) is 2.06. The van der Waals surface area contributed by atoms with Crippen LogP contribution in [-0.4, -0.2) is 17.2 Å². The molecule has 8 heteroatoms. The van der Waals surface area contributed by atoms with Crippen LogP contribution in [0.4, 0.5) is 17.6 Å². The van der Waals surface area contributed by atoms with Gasteiger partial charge < -0.3 is 10.0 Å². The highest BCUT2D eigenvalue weighted by Crippen LogP contribution is 2.30. The Labute approximate surface area is 96.2 Å². The fraction of sp³-hybridized carbons (Fsp3) is 0.143. The number of halogens is 5. The van der Waals surface area contributed by atoms with Crippen LogP contribution in [0.3, 0.4) is 0 Å². The first-order valence-electron chi connectivity index (χ1n) is 3.65. The van der Waals surface area contributed by atoms with Gasteiger partial charge in [-0.2, -0.15) is 13.2 Å². The fourth-order valence-corrected chi connectivity index (χ4v) is 1.61. The molecule has 0 aromatic heterocycles. The van der Waals surface area contributed by atoms with Gasteiger partial charge in [0.15, 0.2) is 0 Å². The van der Waals surface area contributed by atoms with Crippen molar-refractivity contribution in [1.29, 1.82) is 0 Å². The van der Waals surface area contributed by atoms with Crippen LogP contribution >= 0.6 is 22.6 Å². The second kappa shape index (κ2) is 4.26. The highest BCUT2D eigenvalue weighted by atomic mass is 127. The Kier molecular flexibility index (Phi) is 3.61. The van der Waals surface area contributed by atoms with Crippen molar-refractivity contribution in [3.63, 3.8) is 0 Å².